The molecule has 3 fully saturated rings. The highest BCUT2D eigenvalue weighted by Gasteiger charge is 2.77. The summed E-state index contributed by atoms with van der Waals surface area (Å²) in [4.78, 5) is 40.7. The van der Waals surface area contributed by atoms with Crippen molar-refractivity contribution in [3.05, 3.63) is 29.3 Å². The third-order valence-electron chi connectivity index (χ3n) is 6.53. The van der Waals surface area contributed by atoms with Crippen LogP contribution in [0.1, 0.15) is 19.8 Å². The van der Waals surface area contributed by atoms with Gasteiger partial charge in [-0.05, 0) is 31.9 Å². The highest BCUT2D eigenvalue weighted by Crippen LogP contribution is 2.63. The first-order valence-electron chi connectivity index (χ1n) is 9.67. The number of nitrogens with zero attached hydrogens (tertiary/aromatic N) is 1. The number of carbonyl (C=O) groups excluding carboxylic acids is 3. The first-order chi connectivity index (χ1) is 13.8. The summed E-state index contributed by atoms with van der Waals surface area (Å²) in [6.45, 7) is 1.51. The van der Waals surface area contributed by atoms with Gasteiger partial charge in [0.2, 0.25) is 17.7 Å². The van der Waals surface area contributed by atoms with Crippen LogP contribution in [0.25, 0.3) is 0 Å². The zero-order valence-electron chi connectivity index (χ0n) is 16.3. The Morgan fingerprint density at radius 1 is 1.31 bits per heavy atom. The molecular formula is C20H24ClN3O5. The number of halogens is 1. The molecule has 0 aliphatic carbocycles. The van der Waals surface area contributed by atoms with E-state index in [0.29, 0.717) is 23.6 Å². The number of rotatable bonds is 5. The molecule has 3 heterocycles. The number of ether oxygens (including phenoxy) is 1. The van der Waals surface area contributed by atoms with Crippen molar-refractivity contribution in [2.45, 2.75) is 37.0 Å². The Labute approximate surface area is 173 Å². The van der Waals surface area contributed by atoms with Crippen molar-refractivity contribution in [3.63, 3.8) is 0 Å². The quantitative estimate of drug-likeness (QED) is 0.651. The standard InChI is InChI=1S/C20H24ClN3O5/c1-19-7-8-20(29-19)14(13(19)16(26)22-2)18(28)24(9-10-25)15(20)17(27)23-12-6-4-3-5-11(12)21/h3-6,13-15,25H,7-10H2,1-2H3,(H,22,26)(H,23,27)/t13-,14+,15?,19+,20?/m1/s1. The van der Waals surface area contributed by atoms with E-state index in [9.17, 15) is 19.5 Å². The summed E-state index contributed by atoms with van der Waals surface area (Å²) < 4.78 is 6.36. The van der Waals surface area contributed by atoms with Gasteiger partial charge in [0.25, 0.3) is 0 Å². The molecule has 3 amide bonds. The molecule has 4 rings (SSSR count). The molecule has 3 saturated heterocycles. The Bertz CT molecular complexity index is 879. The van der Waals surface area contributed by atoms with E-state index in [2.05, 4.69) is 10.6 Å². The van der Waals surface area contributed by atoms with Crippen molar-refractivity contribution in [2.24, 2.45) is 11.8 Å². The molecule has 3 aliphatic rings. The Kier molecular flexibility index (Phi) is 4.83. The molecular weight excluding hydrogens is 398 g/mol. The number of hydrogen-bond donors (Lipinski definition) is 3. The summed E-state index contributed by atoms with van der Waals surface area (Å²) in [7, 11) is 1.52. The topological polar surface area (TPSA) is 108 Å². The van der Waals surface area contributed by atoms with Crippen LogP contribution in [0.15, 0.2) is 24.3 Å². The van der Waals surface area contributed by atoms with E-state index in [1.807, 2.05) is 6.92 Å². The van der Waals surface area contributed by atoms with Crippen molar-refractivity contribution in [1.82, 2.24) is 10.2 Å². The van der Waals surface area contributed by atoms with E-state index in [0.717, 1.165) is 0 Å². The first-order valence-corrected chi connectivity index (χ1v) is 10.1. The summed E-state index contributed by atoms with van der Waals surface area (Å²) >= 11 is 6.18. The van der Waals surface area contributed by atoms with Crippen molar-refractivity contribution < 1.29 is 24.2 Å². The molecule has 9 heteroatoms. The lowest BCUT2D eigenvalue weighted by atomic mass is 9.66. The van der Waals surface area contributed by atoms with Gasteiger partial charge < -0.3 is 25.4 Å². The van der Waals surface area contributed by atoms with E-state index >= 15 is 0 Å². The largest absolute Gasteiger partial charge is 0.395 e. The number of aliphatic hydroxyl groups excluding tert-OH is 1. The van der Waals surface area contributed by atoms with Gasteiger partial charge in [0, 0.05) is 13.6 Å². The zero-order chi connectivity index (χ0) is 21.0. The highest BCUT2D eigenvalue weighted by atomic mass is 35.5. The van der Waals surface area contributed by atoms with Crippen LogP contribution >= 0.6 is 11.6 Å². The molecule has 0 saturated carbocycles. The fourth-order valence-corrected chi connectivity index (χ4v) is 5.58. The van der Waals surface area contributed by atoms with Crippen molar-refractivity contribution in [3.8, 4) is 0 Å². The minimum atomic E-state index is -1.11. The molecule has 1 aromatic carbocycles. The van der Waals surface area contributed by atoms with Gasteiger partial charge >= 0.3 is 0 Å². The SMILES string of the molecule is CNC(=O)[C@H]1[C@H]2C(=O)N(CCO)C(C(=O)Nc3ccccc3Cl)C23CC[C@]1(C)O3. The number of benzene rings is 1. The lowest BCUT2D eigenvalue weighted by Crippen LogP contribution is -2.53. The van der Waals surface area contributed by atoms with Gasteiger partial charge in [-0.15, -0.1) is 0 Å². The van der Waals surface area contributed by atoms with Crippen LogP contribution in [-0.4, -0.2) is 65.2 Å². The molecule has 3 aliphatic heterocycles. The van der Waals surface area contributed by atoms with Crippen molar-refractivity contribution in [2.75, 3.05) is 25.5 Å². The van der Waals surface area contributed by atoms with Gasteiger partial charge in [-0.25, -0.2) is 0 Å². The zero-order valence-corrected chi connectivity index (χ0v) is 17.0. The number of fused-ring (bicyclic) bond motifs is 1. The molecule has 156 valence electrons. The van der Waals surface area contributed by atoms with Crippen LogP contribution in [0.4, 0.5) is 5.69 Å². The summed E-state index contributed by atoms with van der Waals surface area (Å²) in [5.41, 5.74) is -1.49. The summed E-state index contributed by atoms with van der Waals surface area (Å²) in [6, 6.07) is 5.86. The normalized spacial score (nSPS) is 35.0. The van der Waals surface area contributed by atoms with Crippen LogP contribution < -0.4 is 10.6 Å². The van der Waals surface area contributed by atoms with Gasteiger partial charge in [0.1, 0.15) is 11.6 Å². The summed E-state index contributed by atoms with van der Waals surface area (Å²) in [5.74, 6) is -2.51. The molecule has 0 radical (unpaired) electrons. The van der Waals surface area contributed by atoms with Crippen LogP contribution in [-0.2, 0) is 19.1 Å². The number of aliphatic hydroxyl groups is 1. The molecule has 2 bridgehead atoms. The Morgan fingerprint density at radius 2 is 2.03 bits per heavy atom. The number of hydrogen-bond acceptors (Lipinski definition) is 5. The maximum absolute atomic E-state index is 13.3. The molecule has 29 heavy (non-hydrogen) atoms. The third-order valence-corrected chi connectivity index (χ3v) is 6.86. The van der Waals surface area contributed by atoms with E-state index < -0.39 is 35.0 Å². The maximum atomic E-state index is 13.3. The number of nitrogens with one attached hydrogen (secondary N) is 2. The number of anilines is 1. The van der Waals surface area contributed by atoms with Crippen LogP contribution in [0.2, 0.25) is 5.02 Å². The summed E-state index contributed by atoms with van der Waals surface area (Å²) in [5, 5.41) is 15.3. The minimum absolute atomic E-state index is 0.0156. The van der Waals surface area contributed by atoms with Crippen molar-refractivity contribution in [1.29, 1.82) is 0 Å². The predicted octanol–water partition coefficient (Wildman–Crippen LogP) is 0.782. The number of carbonyl (C=O) groups is 3. The number of likely N-dealkylation sites (tertiary alicyclic amines) is 1. The average molecular weight is 422 g/mol. The number of amides is 3. The van der Waals surface area contributed by atoms with Crippen LogP contribution in [0.5, 0.6) is 0 Å². The second-order valence-electron chi connectivity index (χ2n) is 8.07. The first kappa shape index (κ1) is 20.1. The average Bonchev–Trinajstić information content (AvgIpc) is 3.25. The van der Waals surface area contributed by atoms with Crippen LogP contribution in [0, 0.1) is 11.8 Å². The molecule has 2 unspecified atom stereocenters. The third kappa shape index (κ3) is 2.77. The molecule has 3 N–H and O–H groups in total. The van der Waals surface area contributed by atoms with Gasteiger partial charge in [0.05, 0.1) is 34.8 Å². The fraction of sp³-hybridized carbons (Fsp3) is 0.550. The monoisotopic (exact) mass is 421 g/mol. The minimum Gasteiger partial charge on any atom is -0.395 e. The van der Waals surface area contributed by atoms with E-state index in [1.54, 1.807) is 24.3 Å². The predicted molar refractivity (Wildman–Crippen MR) is 105 cm³/mol. The molecule has 1 spiro atoms. The highest BCUT2D eigenvalue weighted by molar-refractivity contribution is 6.33. The second-order valence-corrected chi connectivity index (χ2v) is 8.47. The molecule has 1 aromatic rings. The van der Waals surface area contributed by atoms with E-state index in [4.69, 9.17) is 16.3 Å². The number of para-hydroxylation sites is 1. The maximum Gasteiger partial charge on any atom is 0.250 e. The van der Waals surface area contributed by atoms with Gasteiger partial charge in [-0.1, -0.05) is 23.7 Å². The van der Waals surface area contributed by atoms with E-state index in [1.165, 1.54) is 11.9 Å². The molecule has 5 atom stereocenters. The lowest BCUT2D eigenvalue weighted by molar-refractivity contribution is -0.144. The van der Waals surface area contributed by atoms with Gasteiger partial charge in [-0.3, -0.25) is 14.4 Å². The fourth-order valence-electron chi connectivity index (χ4n) is 5.39. The molecule has 0 aromatic heterocycles. The number of β-amino-alcohol motifs (C(OH)–C–C–N with tert-alkyl or cyclic N) is 1. The van der Waals surface area contributed by atoms with Gasteiger partial charge in [-0.2, -0.15) is 0 Å². The Balaban J connectivity index is 1.74. The molecule has 8 nitrogen and oxygen atoms in total. The van der Waals surface area contributed by atoms with Crippen LogP contribution in [0.3, 0.4) is 0 Å². The Morgan fingerprint density at radius 3 is 2.69 bits per heavy atom. The summed E-state index contributed by atoms with van der Waals surface area (Å²) in [6.07, 6.45) is 1.05. The Hall–Kier alpha value is -2.16. The van der Waals surface area contributed by atoms with Crippen molar-refractivity contribution >= 4 is 35.0 Å². The van der Waals surface area contributed by atoms with Gasteiger partial charge in [0.15, 0.2) is 0 Å². The lowest BCUT2D eigenvalue weighted by Gasteiger charge is -2.33. The second kappa shape index (κ2) is 6.97. The smallest absolute Gasteiger partial charge is 0.250 e. The van der Waals surface area contributed by atoms with E-state index in [-0.39, 0.29) is 25.0 Å².